The van der Waals surface area contributed by atoms with Gasteiger partial charge < -0.3 is 24.4 Å². The van der Waals surface area contributed by atoms with Crippen LogP contribution in [0.1, 0.15) is 38.8 Å². The third kappa shape index (κ3) is 8.41. The number of amides is 2. The molecule has 0 aromatic heterocycles. The highest BCUT2D eigenvalue weighted by Crippen LogP contribution is 2.36. The Kier molecular flexibility index (Phi) is 10.7. The van der Waals surface area contributed by atoms with Gasteiger partial charge in [0.1, 0.15) is 29.8 Å². The second kappa shape index (κ2) is 13.8. The molecule has 3 aromatic rings. The van der Waals surface area contributed by atoms with Crippen LogP contribution in [0.2, 0.25) is 0 Å². The van der Waals surface area contributed by atoms with E-state index in [1.165, 1.54) is 44.4 Å². The molecule has 0 radical (unpaired) electrons. The predicted octanol–water partition coefficient (Wildman–Crippen LogP) is 4.55. The molecule has 11 heteroatoms. The smallest absolute Gasteiger partial charge is 0.264 e. The van der Waals surface area contributed by atoms with Crippen LogP contribution in [0.4, 0.5) is 5.69 Å². The average molecular weight is 612 g/mol. The molecule has 0 heterocycles. The Labute approximate surface area is 254 Å². The maximum absolute atomic E-state index is 14.2. The first kappa shape index (κ1) is 33.3. The van der Waals surface area contributed by atoms with Crippen molar-refractivity contribution in [2.45, 2.75) is 57.6 Å². The summed E-state index contributed by atoms with van der Waals surface area (Å²) in [5.74, 6) is 0.206. The van der Waals surface area contributed by atoms with E-state index < -0.39 is 34.1 Å². The van der Waals surface area contributed by atoms with Crippen molar-refractivity contribution in [3.63, 3.8) is 0 Å². The third-order valence-corrected chi connectivity index (χ3v) is 8.47. The molecule has 3 aromatic carbocycles. The monoisotopic (exact) mass is 611 g/mol. The van der Waals surface area contributed by atoms with Gasteiger partial charge in [-0.25, -0.2) is 8.42 Å². The minimum atomic E-state index is -4.29. The van der Waals surface area contributed by atoms with Crippen LogP contribution in [0.3, 0.4) is 0 Å². The van der Waals surface area contributed by atoms with Gasteiger partial charge in [0.25, 0.3) is 10.0 Å². The van der Waals surface area contributed by atoms with E-state index in [9.17, 15) is 18.0 Å². The summed E-state index contributed by atoms with van der Waals surface area (Å²) in [6.07, 6.45) is 0. The summed E-state index contributed by atoms with van der Waals surface area (Å²) in [7, 11) is 0.127. The van der Waals surface area contributed by atoms with Crippen LogP contribution in [-0.4, -0.2) is 64.6 Å². The molecule has 0 spiro atoms. The van der Waals surface area contributed by atoms with E-state index >= 15 is 0 Å². The van der Waals surface area contributed by atoms with Crippen molar-refractivity contribution >= 4 is 27.5 Å². The number of nitrogens with zero attached hydrogens (tertiary/aromatic N) is 2. The number of hydrogen-bond donors (Lipinski definition) is 1. The third-order valence-electron chi connectivity index (χ3n) is 6.70. The molecule has 0 aliphatic rings. The van der Waals surface area contributed by atoms with Gasteiger partial charge in [-0.2, -0.15) is 0 Å². The first-order chi connectivity index (χ1) is 20.2. The number of ether oxygens (including phenoxy) is 3. The summed E-state index contributed by atoms with van der Waals surface area (Å²) in [6, 6.07) is 17.2. The van der Waals surface area contributed by atoms with Crippen molar-refractivity contribution in [2.24, 2.45) is 0 Å². The van der Waals surface area contributed by atoms with Gasteiger partial charge in [0.05, 0.1) is 31.9 Å². The number of anilines is 1. The van der Waals surface area contributed by atoms with Crippen molar-refractivity contribution in [3.8, 4) is 17.2 Å². The standard InChI is InChI=1S/C32H41N3O7S/c1-22-12-15-27(16-13-22)43(38,39)35(28-19-26(41-7)14-17-29(28)42-8)21-30(36)34(23(2)31(37)33-32(3,4)5)20-24-10-9-11-25(18-24)40-6/h9-19,23H,20-21H2,1-8H3,(H,33,37)/t23-/m1/s1. The van der Waals surface area contributed by atoms with Gasteiger partial charge >= 0.3 is 0 Å². The molecule has 0 saturated heterocycles. The van der Waals surface area contributed by atoms with Crippen LogP contribution >= 0.6 is 0 Å². The number of methoxy groups -OCH3 is 3. The van der Waals surface area contributed by atoms with E-state index in [0.29, 0.717) is 17.1 Å². The van der Waals surface area contributed by atoms with Gasteiger partial charge in [0, 0.05) is 18.2 Å². The Morgan fingerprint density at radius 1 is 0.884 bits per heavy atom. The van der Waals surface area contributed by atoms with E-state index in [1.54, 1.807) is 49.4 Å². The van der Waals surface area contributed by atoms with Crippen LogP contribution < -0.4 is 23.8 Å². The summed E-state index contributed by atoms with van der Waals surface area (Å²) in [4.78, 5) is 28.9. The summed E-state index contributed by atoms with van der Waals surface area (Å²) in [6.45, 7) is 8.41. The maximum Gasteiger partial charge on any atom is 0.264 e. The number of nitrogens with one attached hydrogen (secondary N) is 1. The number of hydrogen-bond acceptors (Lipinski definition) is 7. The fourth-order valence-electron chi connectivity index (χ4n) is 4.37. The van der Waals surface area contributed by atoms with Crippen LogP contribution in [0.15, 0.2) is 71.6 Å². The first-order valence-electron chi connectivity index (χ1n) is 13.8. The number of aryl methyl sites for hydroxylation is 1. The van der Waals surface area contributed by atoms with Gasteiger partial charge in [-0.15, -0.1) is 0 Å². The van der Waals surface area contributed by atoms with Crippen molar-refractivity contribution in [3.05, 3.63) is 77.9 Å². The molecule has 0 saturated carbocycles. The van der Waals surface area contributed by atoms with E-state index in [1.807, 2.05) is 33.8 Å². The summed E-state index contributed by atoms with van der Waals surface area (Å²) in [5.41, 5.74) is 1.15. The zero-order valence-electron chi connectivity index (χ0n) is 26.0. The van der Waals surface area contributed by atoms with E-state index in [-0.39, 0.29) is 28.8 Å². The van der Waals surface area contributed by atoms with Gasteiger partial charge in [-0.3, -0.25) is 13.9 Å². The Morgan fingerprint density at radius 2 is 1.51 bits per heavy atom. The molecule has 0 aliphatic carbocycles. The van der Waals surface area contributed by atoms with E-state index in [2.05, 4.69) is 5.32 Å². The summed E-state index contributed by atoms with van der Waals surface area (Å²) < 4.78 is 45.6. The topological polar surface area (TPSA) is 114 Å². The Bertz CT molecular complexity index is 1530. The lowest BCUT2D eigenvalue weighted by Gasteiger charge is -2.34. The molecule has 43 heavy (non-hydrogen) atoms. The quantitative estimate of drug-likeness (QED) is 0.320. The first-order valence-corrected chi connectivity index (χ1v) is 15.2. The van der Waals surface area contributed by atoms with Crippen molar-refractivity contribution in [1.29, 1.82) is 0 Å². The highest BCUT2D eigenvalue weighted by atomic mass is 32.2. The lowest BCUT2D eigenvalue weighted by molar-refractivity contribution is -0.140. The van der Waals surface area contributed by atoms with E-state index in [4.69, 9.17) is 14.2 Å². The molecule has 1 atom stereocenters. The highest BCUT2D eigenvalue weighted by Gasteiger charge is 2.34. The summed E-state index contributed by atoms with van der Waals surface area (Å²) >= 11 is 0. The number of carbonyl (C=O) groups is 2. The molecule has 2 amide bonds. The van der Waals surface area contributed by atoms with Crippen molar-refractivity contribution < 1.29 is 32.2 Å². The Morgan fingerprint density at radius 3 is 2.09 bits per heavy atom. The van der Waals surface area contributed by atoms with Gasteiger partial charge in [-0.05, 0) is 76.6 Å². The Balaban J connectivity index is 2.14. The Hall–Kier alpha value is -4.25. The molecule has 0 unspecified atom stereocenters. The molecule has 0 bridgehead atoms. The second-order valence-corrected chi connectivity index (χ2v) is 13.0. The second-order valence-electron chi connectivity index (χ2n) is 11.2. The molecule has 1 N–H and O–H groups in total. The molecule has 232 valence electrons. The van der Waals surface area contributed by atoms with Crippen LogP contribution in [0.25, 0.3) is 0 Å². The number of sulfonamides is 1. The molecular formula is C32H41N3O7S. The number of carbonyl (C=O) groups excluding carboxylic acids is 2. The zero-order chi connectivity index (χ0) is 31.9. The largest absolute Gasteiger partial charge is 0.497 e. The lowest BCUT2D eigenvalue weighted by atomic mass is 10.1. The van der Waals surface area contributed by atoms with Gasteiger partial charge in [0.2, 0.25) is 11.8 Å². The van der Waals surface area contributed by atoms with Gasteiger partial charge in [0.15, 0.2) is 0 Å². The highest BCUT2D eigenvalue weighted by molar-refractivity contribution is 7.92. The van der Waals surface area contributed by atoms with Crippen LogP contribution in [0.5, 0.6) is 17.2 Å². The van der Waals surface area contributed by atoms with Crippen LogP contribution in [-0.2, 0) is 26.2 Å². The SMILES string of the molecule is COc1cccc(CN(C(=O)CN(c2cc(OC)ccc2OC)S(=O)(=O)c2ccc(C)cc2)[C@H](C)C(=O)NC(C)(C)C)c1. The molecular weight excluding hydrogens is 570 g/mol. The summed E-state index contributed by atoms with van der Waals surface area (Å²) in [5, 5.41) is 2.92. The molecule has 0 aliphatic heterocycles. The van der Waals surface area contributed by atoms with E-state index in [0.717, 1.165) is 9.87 Å². The van der Waals surface area contributed by atoms with Crippen molar-refractivity contribution in [2.75, 3.05) is 32.2 Å². The minimum absolute atomic E-state index is 0.00589. The molecule has 3 rings (SSSR count). The van der Waals surface area contributed by atoms with Crippen molar-refractivity contribution in [1.82, 2.24) is 10.2 Å². The average Bonchev–Trinajstić information content (AvgIpc) is 2.97. The number of benzene rings is 3. The van der Waals surface area contributed by atoms with Gasteiger partial charge in [-0.1, -0.05) is 29.8 Å². The lowest BCUT2D eigenvalue weighted by Crippen LogP contribution is -2.54. The fourth-order valence-corrected chi connectivity index (χ4v) is 5.78. The normalized spacial score (nSPS) is 12.2. The maximum atomic E-state index is 14.2. The minimum Gasteiger partial charge on any atom is -0.497 e. The number of rotatable bonds is 12. The molecule has 10 nitrogen and oxygen atoms in total. The fraction of sp³-hybridized carbons (Fsp3) is 0.375. The molecule has 0 fully saturated rings. The zero-order valence-corrected chi connectivity index (χ0v) is 26.8. The predicted molar refractivity (Wildman–Crippen MR) is 166 cm³/mol. The van der Waals surface area contributed by atoms with Crippen LogP contribution in [0, 0.1) is 6.92 Å².